The number of carbonyl (C=O) groups is 1. The van der Waals surface area contributed by atoms with Crippen molar-refractivity contribution < 1.29 is 9.21 Å². The standard InChI is InChI=1S/C22H25N3O2/c1-16-5-6-20-19(15-27-21(20)12-16)13-22(26)25-10-8-24(9-11-25)17(2)18-4-3-7-23-14-18/h3-7,12,14-15,17H,8-11,13H2,1-2H3/t17-/m1/s1. The largest absolute Gasteiger partial charge is 0.464 e. The van der Waals surface area contributed by atoms with Crippen LogP contribution < -0.4 is 0 Å². The number of fused-ring (bicyclic) bond motifs is 1. The predicted molar refractivity (Wildman–Crippen MR) is 105 cm³/mol. The third-order valence-corrected chi connectivity index (χ3v) is 5.53. The van der Waals surface area contributed by atoms with E-state index in [9.17, 15) is 4.79 Å². The minimum Gasteiger partial charge on any atom is -0.464 e. The van der Waals surface area contributed by atoms with Crippen molar-refractivity contribution in [3.05, 3.63) is 65.7 Å². The zero-order valence-electron chi connectivity index (χ0n) is 15.9. The molecule has 0 bridgehead atoms. The Bertz CT molecular complexity index is 927. The molecule has 5 heteroatoms. The molecule has 0 unspecified atom stereocenters. The second-order valence-corrected chi connectivity index (χ2v) is 7.32. The van der Waals surface area contributed by atoms with Crippen molar-refractivity contribution in [3.8, 4) is 0 Å². The molecule has 1 aromatic carbocycles. The second kappa shape index (κ2) is 7.53. The zero-order chi connectivity index (χ0) is 18.8. The van der Waals surface area contributed by atoms with Crippen molar-refractivity contribution in [1.82, 2.24) is 14.8 Å². The Kier molecular flexibility index (Phi) is 4.94. The molecule has 1 amide bonds. The van der Waals surface area contributed by atoms with Crippen molar-refractivity contribution in [1.29, 1.82) is 0 Å². The molecule has 0 saturated carbocycles. The minimum atomic E-state index is 0.173. The molecule has 1 aliphatic heterocycles. The molecule has 1 aliphatic rings. The van der Waals surface area contributed by atoms with Crippen LogP contribution >= 0.6 is 0 Å². The van der Waals surface area contributed by atoms with Crippen LogP contribution in [-0.4, -0.2) is 46.9 Å². The highest BCUT2D eigenvalue weighted by Gasteiger charge is 2.25. The molecule has 1 atom stereocenters. The van der Waals surface area contributed by atoms with Crippen LogP contribution in [0.25, 0.3) is 11.0 Å². The first kappa shape index (κ1) is 17.7. The number of pyridine rings is 1. The van der Waals surface area contributed by atoms with E-state index in [0.717, 1.165) is 48.3 Å². The summed E-state index contributed by atoms with van der Waals surface area (Å²) in [5.74, 6) is 0.173. The smallest absolute Gasteiger partial charge is 0.227 e. The molecule has 3 aromatic rings. The number of aromatic nitrogens is 1. The Morgan fingerprint density at radius 2 is 2.04 bits per heavy atom. The number of furan rings is 1. The summed E-state index contributed by atoms with van der Waals surface area (Å²) in [6, 6.07) is 10.5. The Balaban J connectivity index is 1.37. The van der Waals surface area contributed by atoms with E-state index >= 15 is 0 Å². The molecule has 0 aliphatic carbocycles. The van der Waals surface area contributed by atoms with E-state index in [1.165, 1.54) is 5.56 Å². The minimum absolute atomic E-state index is 0.173. The Morgan fingerprint density at radius 1 is 1.22 bits per heavy atom. The molecule has 1 saturated heterocycles. The highest BCUT2D eigenvalue weighted by atomic mass is 16.3. The molecule has 27 heavy (non-hydrogen) atoms. The first-order chi connectivity index (χ1) is 13.1. The normalized spacial score (nSPS) is 16.6. The molecule has 0 radical (unpaired) electrons. The summed E-state index contributed by atoms with van der Waals surface area (Å²) in [4.78, 5) is 21.4. The molecule has 1 fully saturated rings. The van der Waals surface area contributed by atoms with Crippen LogP contribution in [0.3, 0.4) is 0 Å². The highest BCUT2D eigenvalue weighted by Crippen LogP contribution is 2.24. The Hall–Kier alpha value is -2.66. The first-order valence-electron chi connectivity index (χ1n) is 9.50. The summed E-state index contributed by atoms with van der Waals surface area (Å²) < 4.78 is 5.63. The summed E-state index contributed by atoms with van der Waals surface area (Å²) in [6.45, 7) is 7.53. The number of nitrogens with zero attached hydrogens (tertiary/aromatic N) is 3. The van der Waals surface area contributed by atoms with Crippen LogP contribution in [0.15, 0.2) is 53.4 Å². The van der Waals surface area contributed by atoms with Gasteiger partial charge in [0.05, 0.1) is 12.7 Å². The maximum absolute atomic E-state index is 12.8. The molecule has 2 aromatic heterocycles. The zero-order valence-corrected chi connectivity index (χ0v) is 15.9. The van der Waals surface area contributed by atoms with Crippen molar-refractivity contribution in [3.63, 3.8) is 0 Å². The fourth-order valence-electron chi connectivity index (χ4n) is 3.79. The SMILES string of the molecule is Cc1ccc2c(CC(=O)N3CCN([C@H](C)c4cccnc4)CC3)coc2c1. The number of hydrogen-bond donors (Lipinski definition) is 0. The van der Waals surface area contributed by atoms with Gasteiger partial charge in [0.15, 0.2) is 0 Å². The second-order valence-electron chi connectivity index (χ2n) is 7.32. The van der Waals surface area contributed by atoms with Gasteiger partial charge in [-0.25, -0.2) is 0 Å². The summed E-state index contributed by atoms with van der Waals surface area (Å²) in [6.07, 6.45) is 5.85. The van der Waals surface area contributed by atoms with Gasteiger partial charge in [0.1, 0.15) is 5.58 Å². The van der Waals surface area contributed by atoms with Crippen molar-refractivity contribution >= 4 is 16.9 Å². The van der Waals surface area contributed by atoms with Gasteiger partial charge in [-0.1, -0.05) is 18.2 Å². The Labute approximate surface area is 159 Å². The van der Waals surface area contributed by atoms with Gasteiger partial charge < -0.3 is 9.32 Å². The fraction of sp³-hybridized carbons (Fsp3) is 0.364. The number of aryl methyl sites for hydroxylation is 1. The number of piperazine rings is 1. The van der Waals surface area contributed by atoms with E-state index < -0.39 is 0 Å². The molecular formula is C22H25N3O2. The van der Waals surface area contributed by atoms with E-state index in [1.807, 2.05) is 36.2 Å². The van der Waals surface area contributed by atoms with Gasteiger partial charge in [0, 0.05) is 55.6 Å². The molecule has 5 nitrogen and oxygen atoms in total. The van der Waals surface area contributed by atoms with Gasteiger partial charge >= 0.3 is 0 Å². The monoisotopic (exact) mass is 363 g/mol. The molecular weight excluding hydrogens is 338 g/mol. The molecule has 3 heterocycles. The number of benzene rings is 1. The maximum Gasteiger partial charge on any atom is 0.227 e. The highest BCUT2D eigenvalue weighted by molar-refractivity contribution is 5.88. The topological polar surface area (TPSA) is 49.6 Å². The van der Waals surface area contributed by atoms with E-state index in [2.05, 4.69) is 28.9 Å². The van der Waals surface area contributed by atoms with Crippen LogP contribution in [0.5, 0.6) is 0 Å². The van der Waals surface area contributed by atoms with Crippen LogP contribution in [0.4, 0.5) is 0 Å². The lowest BCUT2D eigenvalue weighted by molar-refractivity contribution is -0.132. The van der Waals surface area contributed by atoms with Crippen molar-refractivity contribution in [2.24, 2.45) is 0 Å². The van der Waals surface area contributed by atoms with Gasteiger partial charge in [-0.15, -0.1) is 0 Å². The van der Waals surface area contributed by atoms with E-state index in [4.69, 9.17) is 4.42 Å². The lowest BCUT2D eigenvalue weighted by Crippen LogP contribution is -2.49. The van der Waals surface area contributed by atoms with Crippen LogP contribution in [0.1, 0.15) is 29.7 Å². The molecule has 4 rings (SSSR count). The lowest BCUT2D eigenvalue weighted by atomic mass is 10.1. The Morgan fingerprint density at radius 3 is 2.78 bits per heavy atom. The van der Waals surface area contributed by atoms with Gasteiger partial charge in [-0.3, -0.25) is 14.7 Å². The number of carbonyl (C=O) groups excluding carboxylic acids is 1. The van der Waals surface area contributed by atoms with E-state index in [0.29, 0.717) is 12.5 Å². The van der Waals surface area contributed by atoms with Gasteiger partial charge in [0.2, 0.25) is 5.91 Å². The van der Waals surface area contributed by atoms with Crippen molar-refractivity contribution in [2.45, 2.75) is 26.3 Å². The molecule has 0 N–H and O–H groups in total. The number of rotatable bonds is 4. The van der Waals surface area contributed by atoms with Crippen LogP contribution in [0, 0.1) is 6.92 Å². The quantitative estimate of drug-likeness (QED) is 0.711. The summed E-state index contributed by atoms with van der Waals surface area (Å²) in [5, 5.41) is 1.04. The first-order valence-corrected chi connectivity index (χ1v) is 9.50. The molecule has 140 valence electrons. The maximum atomic E-state index is 12.8. The predicted octanol–water partition coefficient (Wildman–Crippen LogP) is 3.58. The number of hydrogen-bond acceptors (Lipinski definition) is 4. The average molecular weight is 363 g/mol. The van der Waals surface area contributed by atoms with Crippen LogP contribution in [-0.2, 0) is 11.2 Å². The van der Waals surface area contributed by atoms with E-state index in [1.54, 1.807) is 12.5 Å². The molecule has 0 spiro atoms. The van der Waals surface area contributed by atoms with Crippen LogP contribution in [0.2, 0.25) is 0 Å². The number of amides is 1. The van der Waals surface area contributed by atoms with Gasteiger partial charge in [-0.2, -0.15) is 0 Å². The van der Waals surface area contributed by atoms with Gasteiger partial charge in [-0.05, 0) is 37.1 Å². The van der Waals surface area contributed by atoms with E-state index in [-0.39, 0.29) is 5.91 Å². The van der Waals surface area contributed by atoms with Gasteiger partial charge in [0.25, 0.3) is 0 Å². The summed E-state index contributed by atoms with van der Waals surface area (Å²) >= 11 is 0. The summed E-state index contributed by atoms with van der Waals surface area (Å²) in [7, 11) is 0. The third-order valence-electron chi connectivity index (χ3n) is 5.53. The fourth-order valence-corrected chi connectivity index (χ4v) is 3.79. The lowest BCUT2D eigenvalue weighted by Gasteiger charge is -2.38. The van der Waals surface area contributed by atoms with Crippen molar-refractivity contribution in [2.75, 3.05) is 26.2 Å². The third kappa shape index (κ3) is 3.74. The average Bonchev–Trinajstić information content (AvgIpc) is 3.10. The summed E-state index contributed by atoms with van der Waals surface area (Å²) in [5.41, 5.74) is 4.21.